The van der Waals surface area contributed by atoms with Crippen molar-refractivity contribution < 1.29 is 50.9 Å². The largest absolute Gasteiger partial charge is 0.303 e. The fraction of sp³-hybridized carbons (Fsp3) is 0. The summed E-state index contributed by atoms with van der Waals surface area (Å²) in [5.74, 6) is 0. The van der Waals surface area contributed by atoms with Crippen LogP contribution in [0.25, 0.3) is 0 Å². The van der Waals surface area contributed by atoms with Crippen LogP contribution < -0.4 is 0 Å². The van der Waals surface area contributed by atoms with Crippen LogP contribution >= 0.6 is 8.34 Å². The number of hydrogen-bond donors (Lipinski definition) is 0. The van der Waals surface area contributed by atoms with Gasteiger partial charge in [-0.25, -0.2) is 9.13 Å². The Balaban J connectivity index is 0. The summed E-state index contributed by atoms with van der Waals surface area (Å²) in [5.41, 5.74) is 0. The molecule has 2 nitrogen and oxygen atoms in total. The van der Waals surface area contributed by atoms with Gasteiger partial charge in [-0.2, -0.15) is 0 Å². The first-order valence-electron chi connectivity index (χ1n) is 0.408. The Morgan fingerprint density at radius 3 is 1.25 bits per heavy atom. The zero-order chi connectivity index (χ0) is 2.71. The third kappa shape index (κ3) is 10.4. The third-order valence-electron chi connectivity index (χ3n) is 0. The number of hydrogen-bond acceptors (Lipinski definition) is 2. The van der Waals surface area contributed by atoms with Crippen LogP contribution in [0, 0.1) is 41.7 Å². The molecule has 0 heterocycles. The monoisotopic (exact) mass is 204 g/mol. The predicted octanol–water partition coefficient (Wildman–Crippen LogP) is 0.356. The molecular formula is HCeO2P. The van der Waals surface area contributed by atoms with Gasteiger partial charge in [-0.05, 0) is 0 Å². The van der Waals surface area contributed by atoms with Gasteiger partial charge in [0.2, 0.25) is 0 Å². The molecule has 0 aromatic heterocycles. The van der Waals surface area contributed by atoms with Gasteiger partial charge >= 0.3 is 8.34 Å². The van der Waals surface area contributed by atoms with Gasteiger partial charge in [-0.1, -0.05) is 0 Å². The zero-order valence-corrected chi connectivity index (χ0v) is 5.96. The normalized spacial score (nSPS) is 3.00. The predicted molar refractivity (Wildman–Crippen MR) is 9.69 cm³/mol. The standard InChI is InChI=1S/Ce.HO2P/c;1-3-2/h;3H. The summed E-state index contributed by atoms with van der Waals surface area (Å²) in [6.07, 6.45) is 0. The van der Waals surface area contributed by atoms with E-state index < -0.39 is 8.34 Å². The summed E-state index contributed by atoms with van der Waals surface area (Å²) in [5, 5.41) is 0. The van der Waals surface area contributed by atoms with Gasteiger partial charge in [0.15, 0.2) is 0 Å². The van der Waals surface area contributed by atoms with Crippen LogP contribution in [0.5, 0.6) is 0 Å². The first-order valence-corrected chi connectivity index (χ1v) is 1.22. The second kappa shape index (κ2) is 8.86. The molecule has 0 rings (SSSR count). The van der Waals surface area contributed by atoms with Crippen molar-refractivity contribution >= 4 is 8.34 Å². The van der Waals surface area contributed by atoms with Crippen molar-refractivity contribution in [3.8, 4) is 0 Å². The van der Waals surface area contributed by atoms with E-state index in [0.29, 0.717) is 0 Å². The van der Waals surface area contributed by atoms with Gasteiger partial charge < -0.3 is 0 Å². The van der Waals surface area contributed by atoms with Crippen LogP contribution in [0.15, 0.2) is 0 Å². The van der Waals surface area contributed by atoms with Crippen LogP contribution in [0.4, 0.5) is 0 Å². The minimum Gasteiger partial charge on any atom is -0.241 e. The Morgan fingerprint density at radius 1 is 1.25 bits per heavy atom. The van der Waals surface area contributed by atoms with E-state index in [1.165, 1.54) is 0 Å². The minimum absolute atomic E-state index is 0. The van der Waals surface area contributed by atoms with Crippen molar-refractivity contribution in [2.24, 2.45) is 0 Å². The molecule has 0 atom stereocenters. The second-order valence-electron chi connectivity index (χ2n) is 0.0833. The van der Waals surface area contributed by atoms with Crippen LogP contribution in [-0.2, 0) is 9.13 Å². The van der Waals surface area contributed by atoms with Crippen LogP contribution in [0.1, 0.15) is 0 Å². The average molecular weight is 204 g/mol. The van der Waals surface area contributed by atoms with E-state index in [1.807, 2.05) is 0 Å². The SMILES string of the molecule is O=[PH]=O.[Ce]. The molecule has 0 unspecified atom stereocenters. The van der Waals surface area contributed by atoms with Gasteiger partial charge in [0, 0.05) is 41.7 Å². The maximum absolute atomic E-state index is 8.40. The smallest absolute Gasteiger partial charge is 0.241 e. The van der Waals surface area contributed by atoms with E-state index in [2.05, 4.69) is 0 Å². The molecule has 0 N–H and O–H groups in total. The zero-order valence-electron chi connectivity index (χ0n) is 1.82. The maximum atomic E-state index is 8.40. The molecule has 0 spiro atoms. The molecule has 4 heteroatoms. The topological polar surface area (TPSA) is 34.1 Å². The van der Waals surface area contributed by atoms with E-state index in [0.717, 1.165) is 0 Å². The van der Waals surface area contributed by atoms with Gasteiger partial charge in [0.05, 0.1) is 0 Å². The van der Waals surface area contributed by atoms with Crippen LogP contribution in [0.3, 0.4) is 0 Å². The van der Waals surface area contributed by atoms with Gasteiger partial charge in [-0.3, -0.25) is 0 Å². The molecule has 0 aromatic rings. The summed E-state index contributed by atoms with van der Waals surface area (Å²) < 4.78 is 16.8. The van der Waals surface area contributed by atoms with Crippen molar-refractivity contribution in [1.29, 1.82) is 0 Å². The van der Waals surface area contributed by atoms with E-state index in [4.69, 9.17) is 9.13 Å². The summed E-state index contributed by atoms with van der Waals surface area (Å²) in [7, 11) is -1.42. The Labute approximate surface area is 58.6 Å². The molecule has 0 saturated carbocycles. The van der Waals surface area contributed by atoms with Crippen molar-refractivity contribution in [3.05, 3.63) is 0 Å². The van der Waals surface area contributed by atoms with Gasteiger partial charge in [0.1, 0.15) is 0 Å². The summed E-state index contributed by atoms with van der Waals surface area (Å²) >= 11 is 0. The van der Waals surface area contributed by atoms with Crippen molar-refractivity contribution in [2.75, 3.05) is 0 Å². The summed E-state index contributed by atoms with van der Waals surface area (Å²) in [4.78, 5) is 0. The molecule has 0 aliphatic rings. The molecular weight excluding hydrogens is 203 g/mol. The van der Waals surface area contributed by atoms with Crippen molar-refractivity contribution in [3.63, 3.8) is 0 Å². The molecule has 0 aromatic carbocycles. The molecule has 22 valence electrons. The quantitative estimate of drug-likeness (QED) is 0.534. The molecule has 0 bridgehead atoms. The van der Waals surface area contributed by atoms with E-state index >= 15 is 0 Å². The van der Waals surface area contributed by atoms with E-state index in [1.54, 1.807) is 0 Å². The molecule has 0 fully saturated rings. The van der Waals surface area contributed by atoms with Gasteiger partial charge in [-0.15, -0.1) is 0 Å². The van der Waals surface area contributed by atoms with E-state index in [-0.39, 0.29) is 41.7 Å². The fourth-order valence-electron chi connectivity index (χ4n) is 0. The van der Waals surface area contributed by atoms with Crippen LogP contribution in [0.2, 0.25) is 0 Å². The van der Waals surface area contributed by atoms with E-state index in [9.17, 15) is 0 Å². The fourth-order valence-corrected chi connectivity index (χ4v) is 0. The Morgan fingerprint density at radius 2 is 1.25 bits per heavy atom. The molecule has 0 aliphatic carbocycles. The Bertz CT molecular complexity index is 27.0. The first kappa shape index (κ1) is 8.99. The molecule has 0 aliphatic heterocycles. The molecule has 0 amide bonds. The van der Waals surface area contributed by atoms with Gasteiger partial charge in [0.25, 0.3) is 0 Å². The minimum atomic E-state index is -1.42. The molecule has 0 saturated heterocycles. The maximum Gasteiger partial charge on any atom is 0.303 e. The average Bonchev–Trinajstić information content (AvgIpc) is 0.918. The summed E-state index contributed by atoms with van der Waals surface area (Å²) in [6.45, 7) is 0. The van der Waals surface area contributed by atoms with Crippen LogP contribution in [-0.4, -0.2) is 0 Å². The van der Waals surface area contributed by atoms with Crippen molar-refractivity contribution in [2.45, 2.75) is 0 Å². The Kier molecular flexibility index (Phi) is 19.9. The first-order chi connectivity index (χ1) is 1.41. The molecule has 0 radical (unpaired) electrons. The third-order valence-corrected chi connectivity index (χ3v) is 0. The summed E-state index contributed by atoms with van der Waals surface area (Å²) in [6, 6.07) is 0. The Hall–Kier alpha value is 1.28. The number of rotatable bonds is 0. The van der Waals surface area contributed by atoms with Crippen molar-refractivity contribution in [1.82, 2.24) is 0 Å². The second-order valence-corrected chi connectivity index (χ2v) is 0.250. The molecule has 4 heavy (non-hydrogen) atoms.